The van der Waals surface area contributed by atoms with Crippen molar-refractivity contribution in [3.05, 3.63) is 150 Å². The minimum absolute atomic E-state index is 0.0697. The van der Waals surface area contributed by atoms with Crippen LogP contribution in [0, 0.1) is 61.2 Å². The fourth-order valence-electron chi connectivity index (χ4n) is 17.5. The Bertz CT molecular complexity index is 3940. The lowest BCUT2D eigenvalue weighted by molar-refractivity contribution is -0.174. The van der Waals surface area contributed by atoms with Gasteiger partial charge >= 0.3 is 29.8 Å². The molecule has 0 radical (unpaired) electrons. The highest BCUT2D eigenvalue weighted by Crippen LogP contribution is 2.57. The van der Waals surface area contributed by atoms with Crippen molar-refractivity contribution in [2.45, 2.75) is 285 Å². The number of esters is 5. The van der Waals surface area contributed by atoms with E-state index in [4.69, 9.17) is 33.2 Å². The molecule has 8 aliphatic rings. The first-order valence-electron chi connectivity index (χ1n) is 39.2. The Labute approximate surface area is 633 Å². The van der Waals surface area contributed by atoms with Crippen LogP contribution in [0.2, 0.25) is 0 Å². The van der Waals surface area contributed by atoms with Gasteiger partial charge in [-0.15, -0.1) is 0 Å². The predicted molar refractivity (Wildman–Crippen MR) is 419 cm³/mol. The summed E-state index contributed by atoms with van der Waals surface area (Å²) in [5.41, 5.74) is 17.2. The Hall–Kier alpha value is -7.94. The predicted octanol–water partition coefficient (Wildman–Crippen LogP) is 21.2. The summed E-state index contributed by atoms with van der Waals surface area (Å²) in [6, 6.07) is 3.92. The molecule has 10 rings (SSSR count). The summed E-state index contributed by atoms with van der Waals surface area (Å²) in [5, 5.41) is 0. The molecule has 0 spiro atoms. The number of carbonyl (C=O) groups excluding carboxylic acids is 8. The molecule has 2 aromatic rings. The highest BCUT2D eigenvalue weighted by Gasteiger charge is 2.48. The summed E-state index contributed by atoms with van der Waals surface area (Å²) in [6.45, 7) is 47.3. The molecule has 0 N–H and O–H groups in total. The molecule has 1 fully saturated rings. The third-order valence-corrected chi connectivity index (χ3v) is 22.8. The van der Waals surface area contributed by atoms with Crippen molar-refractivity contribution < 1.29 is 71.5 Å². The number of allylic oxidation sites excluding steroid dienone is 16. The number of Topliss-reactive ketones (excluding diaryl/α,β-unsaturated/α-hetero) is 2. The number of hydrogen-bond acceptors (Lipinski definition) is 15. The third-order valence-electron chi connectivity index (χ3n) is 22.8. The average Bonchev–Trinajstić information content (AvgIpc) is 0.740. The van der Waals surface area contributed by atoms with Gasteiger partial charge in [0.05, 0.1) is 13.2 Å². The van der Waals surface area contributed by atoms with Crippen LogP contribution in [0.15, 0.2) is 116 Å². The quantitative estimate of drug-likeness (QED) is 0.0398. The van der Waals surface area contributed by atoms with Crippen LogP contribution in [0.1, 0.15) is 298 Å². The van der Waals surface area contributed by atoms with Gasteiger partial charge in [-0.05, 0) is 268 Å². The maximum absolute atomic E-state index is 12.8. The molecule has 2 aliphatic heterocycles. The van der Waals surface area contributed by atoms with Crippen molar-refractivity contribution in [2.24, 2.45) is 47.3 Å². The zero-order chi connectivity index (χ0) is 78.5. The van der Waals surface area contributed by atoms with Crippen LogP contribution in [0.4, 0.5) is 0 Å². The lowest BCUT2D eigenvalue weighted by atomic mass is 9.65. The smallest absolute Gasteiger partial charge is 0.308 e. The maximum atomic E-state index is 12.8. The minimum Gasteiger partial charge on any atom is -0.493 e. The summed E-state index contributed by atoms with van der Waals surface area (Å²) in [6.07, 6.45) is 26.0. The molecule has 13 atom stereocenters. The van der Waals surface area contributed by atoms with E-state index >= 15 is 0 Å². The first-order valence-corrected chi connectivity index (χ1v) is 39.2. The largest absolute Gasteiger partial charge is 0.493 e. The van der Waals surface area contributed by atoms with Crippen LogP contribution < -0.4 is 18.9 Å². The molecule has 6 aliphatic carbocycles. The average molecular weight is 1460 g/mol. The van der Waals surface area contributed by atoms with Gasteiger partial charge in [0.2, 0.25) is 6.29 Å². The lowest BCUT2D eigenvalue weighted by Gasteiger charge is -2.44. The molecule has 0 saturated carbocycles. The van der Waals surface area contributed by atoms with Crippen molar-refractivity contribution in [3.63, 3.8) is 0 Å². The molecule has 0 aromatic heterocycles. The fourth-order valence-corrected chi connectivity index (χ4v) is 17.5. The Morgan fingerprint density at radius 2 is 1.08 bits per heavy atom. The number of hydrogen-bond donors (Lipinski definition) is 0. The highest BCUT2D eigenvalue weighted by molar-refractivity contribution is 6.23. The van der Waals surface area contributed by atoms with Gasteiger partial charge in [-0.2, -0.15) is 0 Å². The van der Waals surface area contributed by atoms with Crippen molar-refractivity contribution >= 4 is 47.2 Å². The fraction of sp³-hybridized carbons (Fsp3) is 0.582. The van der Waals surface area contributed by atoms with E-state index in [1.807, 2.05) is 32.9 Å². The standard InChI is InChI=1S/C26H36O6.C24H32O5.C21H28O2.C20H28O2/c1-15(2)9-8-10-21(14-30-18(5)27)22-12-11-16(3)24-23(22)13-17(4)25(31-19(6)28)26(24)32-20(7)29;1-13(2)8-7-9-19-18-11-10-14(3)21-20(27-16(5)25)12-15(4)23(22(18)21)29-24(19)28-17(6)26;1-12(2)7-6-8-16-11-23-21-15(5)14(4)20(22)18-13(3)9-10-17(16)19(18)21;1-12(2)7-6-8-13(3)16-10-9-14(4)18-17(21)11-15(5)20(22)19(16)18/h9,13,16,21-22H,8,10-12,14H2,1-7H3;8,12,14,18-19,24H,7,9-11H2,1-6H3;7,13,16-17H,4,6,8-11H2,1-3,5H3;7,11,13-14,16H,6,8-10H2,1-5H3/t16-,21-,22?;14-,18+,19+,24?;13-,16-,17+;13-,14+,16-/m1110/s1. The molecule has 2 unspecified atom stereocenters. The Morgan fingerprint density at radius 3 is 1.68 bits per heavy atom. The normalized spacial score (nSPS) is 24.3. The van der Waals surface area contributed by atoms with E-state index in [9.17, 15) is 38.4 Å². The minimum atomic E-state index is -0.588. The molecular formula is C91H124O15. The van der Waals surface area contributed by atoms with Crippen LogP contribution in [-0.2, 0) is 52.6 Å². The monoisotopic (exact) mass is 1460 g/mol. The lowest BCUT2D eigenvalue weighted by Crippen LogP contribution is -2.41. The Balaban J connectivity index is 0.000000199. The molecule has 2 heterocycles. The first-order chi connectivity index (χ1) is 49.9. The number of fused-ring (bicyclic) bond motifs is 1. The maximum Gasteiger partial charge on any atom is 0.308 e. The Kier molecular flexibility index (Phi) is 30.8. The van der Waals surface area contributed by atoms with Crippen molar-refractivity contribution in [1.29, 1.82) is 0 Å². The van der Waals surface area contributed by atoms with E-state index in [-0.39, 0.29) is 82.6 Å². The SMILES string of the molecule is C=C1C(=O)C2=C3C(=C1C)OC[C@@H](CCC=C(C)C)[C@@H]3CC[C@H]2C.CC(=O)OC[C@@H](CCC=C(C)C)C1CC[C@@H](C)c2c1cc(C)c(OC(C)=O)c2OC(C)=O.CC(=O)Oc1cc(C)c2c3c1[C@H](C)CC[C@H]3[C@H](CCC=C(C)C)C(OC(C)=O)O2.CC(C)=CCC[C@H](C)[C@@H]1CC[C@@H](C)C2=C1C(=O)C(C)=CC2=O. The zero-order valence-electron chi connectivity index (χ0n) is 68.1. The van der Waals surface area contributed by atoms with Gasteiger partial charge in [0.25, 0.3) is 0 Å². The molecule has 0 amide bonds. The molecule has 1 saturated heterocycles. The van der Waals surface area contributed by atoms with Gasteiger partial charge in [-0.1, -0.05) is 93.9 Å². The van der Waals surface area contributed by atoms with Gasteiger partial charge in [-0.25, -0.2) is 0 Å². The van der Waals surface area contributed by atoms with E-state index in [1.54, 1.807) is 6.92 Å². The van der Waals surface area contributed by atoms with Crippen LogP contribution >= 0.6 is 0 Å². The van der Waals surface area contributed by atoms with E-state index in [2.05, 4.69) is 121 Å². The van der Waals surface area contributed by atoms with Gasteiger partial charge < -0.3 is 33.2 Å². The second kappa shape index (κ2) is 38.2. The summed E-state index contributed by atoms with van der Waals surface area (Å²) >= 11 is 0. The van der Waals surface area contributed by atoms with Crippen LogP contribution in [0.5, 0.6) is 23.0 Å². The third kappa shape index (κ3) is 21.3. The summed E-state index contributed by atoms with van der Waals surface area (Å²) in [7, 11) is 0. The molecule has 2 aromatic carbocycles. The van der Waals surface area contributed by atoms with Gasteiger partial charge in [0.15, 0.2) is 28.8 Å². The molecule has 15 nitrogen and oxygen atoms in total. The number of benzene rings is 2. The molecule has 578 valence electrons. The summed E-state index contributed by atoms with van der Waals surface area (Å²) < 4.78 is 40.2. The topological polar surface area (TPSA) is 201 Å². The van der Waals surface area contributed by atoms with E-state index < -0.39 is 18.2 Å². The molecular weight excluding hydrogens is 1330 g/mol. The van der Waals surface area contributed by atoms with E-state index in [0.29, 0.717) is 58.7 Å². The number of carbonyl (C=O) groups is 8. The van der Waals surface area contributed by atoms with Crippen molar-refractivity contribution in [1.82, 2.24) is 0 Å². The Morgan fingerprint density at radius 1 is 0.538 bits per heavy atom. The van der Waals surface area contributed by atoms with Crippen LogP contribution in [0.3, 0.4) is 0 Å². The molecule has 15 heteroatoms. The number of rotatable bonds is 20. The van der Waals surface area contributed by atoms with Gasteiger partial charge in [0, 0.05) is 108 Å². The van der Waals surface area contributed by atoms with E-state index in [1.165, 1.54) is 75.0 Å². The summed E-state index contributed by atoms with van der Waals surface area (Å²) in [4.78, 5) is 96.5. The van der Waals surface area contributed by atoms with Crippen molar-refractivity contribution in [3.8, 4) is 23.0 Å². The number of ether oxygens (including phenoxy) is 7. The van der Waals surface area contributed by atoms with Crippen LogP contribution in [-0.4, -0.2) is 66.7 Å². The van der Waals surface area contributed by atoms with Gasteiger partial charge in [-0.3, -0.25) is 38.4 Å². The number of aryl methyl sites for hydroxylation is 2. The van der Waals surface area contributed by atoms with Crippen molar-refractivity contribution in [2.75, 3.05) is 13.2 Å². The van der Waals surface area contributed by atoms with Crippen LogP contribution in [0.25, 0.3) is 0 Å². The van der Waals surface area contributed by atoms with Gasteiger partial charge in [0.1, 0.15) is 17.3 Å². The second-order valence-corrected chi connectivity index (χ2v) is 32.6. The molecule has 0 bridgehead atoms. The zero-order valence-corrected chi connectivity index (χ0v) is 68.1. The first kappa shape index (κ1) is 85.3. The second-order valence-electron chi connectivity index (χ2n) is 32.6. The van der Waals surface area contributed by atoms with E-state index in [0.717, 1.165) is 170 Å². The summed E-state index contributed by atoms with van der Waals surface area (Å²) in [5.74, 6) is 4.77. The number of ketones is 3. The molecule has 106 heavy (non-hydrogen) atoms. The highest BCUT2D eigenvalue weighted by atomic mass is 16.7.